The summed E-state index contributed by atoms with van der Waals surface area (Å²) in [6.07, 6.45) is 3.86. The zero-order chi connectivity index (χ0) is 18.4. The molecule has 2 N–H and O–H groups in total. The molecule has 1 aromatic heterocycles. The molecular formula is C20H18ClN3O2. The Morgan fingerprint density at radius 2 is 1.54 bits per heavy atom. The second kappa shape index (κ2) is 8.36. The van der Waals surface area contributed by atoms with Crippen molar-refractivity contribution in [2.24, 2.45) is 0 Å². The summed E-state index contributed by atoms with van der Waals surface area (Å²) in [6.45, 7) is 0.309. The molecule has 0 saturated heterocycles. The Morgan fingerprint density at radius 3 is 2.19 bits per heavy atom. The van der Waals surface area contributed by atoms with Gasteiger partial charge in [-0.05, 0) is 54.1 Å². The quantitative estimate of drug-likeness (QED) is 0.703. The lowest BCUT2D eigenvalue weighted by atomic mass is 10.2. The highest BCUT2D eigenvalue weighted by Crippen LogP contribution is 2.10. The van der Waals surface area contributed by atoms with E-state index in [1.807, 2.05) is 53.4 Å². The molecule has 26 heavy (non-hydrogen) atoms. The number of benzene rings is 2. The van der Waals surface area contributed by atoms with E-state index in [-0.39, 0.29) is 18.4 Å². The molecule has 0 aliphatic rings. The third-order valence-electron chi connectivity index (χ3n) is 3.84. The van der Waals surface area contributed by atoms with Crippen LogP contribution in [0.15, 0.2) is 73.1 Å². The first-order valence-electron chi connectivity index (χ1n) is 8.14. The first kappa shape index (κ1) is 17.8. The molecular weight excluding hydrogens is 350 g/mol. The van der Waals surface area contributed by atoms with Crippen molar-refractivity contribution in [3.8, 4) is 5.69 Å². The molecule has 6 heteroatoms. The van der Waals surface area contributed by atoms with Crippen molar-refractivity contribution in [2.75, 3.05) is 6.54 Å². The van der Waals surface area contributed by atoms with Gasteiger partial charge in [0, 0.05) is 35.2 Å². The average Bonchev–Trinajstić information content (AvgIpc) is 3.20. The summed E-state index contributed by atoms with van der Waals surface area (Å²) in [4.78, 5) is 24.0. The smallest absolute Gasteiger partial charge is 0.251 e. The lowest BCUT2D eigenvalue weighted by Gasteiger charge is -2.08. The van der Waals surface area contributed by atoms with Gasteiger partial charge in [0.15, 0.2) is 0 Å². The molecule has 0 spiro atoms. The topological polar surface area (TPSA) is 63.1 Å². The summed E-state index contributed by atoms with van der Waals surface area (Å²) >= 11 is 5.82. The van der Waals surface area contributed by atoms with Crippen LogP contribution in [0.25, 0.3) is 5.69 Å². The third-order valence-corrected chi connectivity index (χ3v) is 4.10. The molecule has 5 nitrogen and oxygen atoms in total. The van der Waals surface area contributed by atoms with Gasteiger partial charge in [0.1, 0.15) is 0 Å². The minimum atomic E-state index is -0.286. The normalized spacial score (nSPS) is 10.3. The molecule has 0 saturated carbocycles. The number of rotatable bonds is 6. The molecule has 0 unspecified atom stereocenters. The Labute approximate surface area is 156 Å². The van der Waals surface area contributed by atoms with Crippen molar-refractivity contribution in [1.82, 2.24) is 15.2 Å². The third kappa shape index (κ3) is 4.74. The maximum absolute atomic E-state index is 12.1. The molecule has 132 valence electrons. The first-order chi connectivity index (χ1) is 12.6. The summed E-state index contributed by atoms with van der Waals surface area (Å²) in [5.74, 6) is -0.539. The van der Waals surface area contributed by atoms with Crippen LogP contribution in [0.1, 0.15) is 15.9 Å². The van der Waals surface area contributed by atoms with Gasteiger partial charge in [0.05, 0.1) is 6.54 Å². The Kier molecular flexibility index (Phi) is 5.71. The monoisotopic (exact) mass is 367 g/mol. The zero-order valence-electron chi connectivity index (χ0n) is 14.0. The van der Waals surface area contributed by atoms with Gasteiger partial charge in [0.25, 0.3) is 5.91 Å². The fourth-order valence-corrected chi connectivity index (χ4v) is 2.55. The van der Waals surface area contributed by atoms with Gasteiger partial charge in [0.2, 0.25) is 5.91 Å². The Morgan fingerprint density at radius 1 is 0.885 bits per heavy atom. The van der Waals surface area contributed by atoms with E-state index in [1.54, 1.807) is 24.3 Å². The number of carbonyl (C=O) groups excluding carboxylic acids is 2. The predicted octanol–water partition coefficient (Wildman–Crippen LogP) is 3.18. The van der Waals surface area contributed by atoms with E-state index in [0.29, 0.717) is 17.1 Å². The van der Waals surface area contributed by atoms with Crippen molar-refractivity contribution in [3.63, 3.8) is 0 Å². The molecule has 0 radical (unpaired) electrons. The number of hydrogen-bond acceptors (Lipinski definition) is 2. The van der Waals surface area contributed by atoms with Crippen molar-refractivity contribution >= 4 is 23.4 Å². The Balaban J connectivity index is 1.47. The lowest BCUT2D eigenvalue weighted by Crippen LogP contribution is -2.36. The molecule has 3 rings (SSSR count). The van der Waals surface area contributed by atoms with Crippen LogP contribution in [0.3, 0.4) is 0 Å². The molecule has 3 aromatic rings. The minimum absolute atomic E-state index is 0.0776. The summed E-state index contributed by atoms with van der Waals surface area (Å²) in [5, 5.41) is 6.02. The van der Waals surface area contributed by atoms with Gasteiger partial charge in [-0.2, -0.15) is 0 Å². The highest BCUT2D eigenvalue weighted by atomic mass is 35.5. The van der Waals surface area contributed by atoms with E-state index >= 15 is 0 Å². The van der Waals surface area contributed by atoms with Gasteiger partial charge >= 0.3 is 0 Å². The van der Waals surface area contributed by atoms with Crippen LogP contribution >= 0.6 is 11.6 Å². The Hall–Kier alpha value is -3.05. The van der Waals surface area contributed by atoms with Crippen molar-refractivity contribution in [2.45, 2.75) is 6.54 Å². The fraction of sp³-hybridized carbons (Fsp3) is 0.100. The second-order valence-corrected chi connectivity index (χ2v) is 6.16. The van der Waals surface area contributed by atoms with Crippen molar-refractivity contribution in [1.29, 1.82) is 0 Å². The summed E-state index contributed by atoms with van der Waals surface area (Å²) < 4.78 is 1.95. The van der Waals surface area contributed by atoms with Crippen molar-refractivity contribution in [3.05, 3.63) is 89.2 Å². The van der Waals surface area contributed by atoms with Crippen LogP contribution in [0.4, 0.5) is 0 Å². The molecule has 0 bridgehead atoms. The van der Waals surface area contributed by atoms with E-state index in [1.165, 1.54) is 0 Å². The fourth-order valence-electron chi connectivity index (χ4n) is 2.42. The summed E-state index contributed by atoms with van der Waals surface area (Å²) in [7, 11) is 0. The lowest BCUT2D eigenvalue weighted by molar-refractivity contribution is -0.120. The van der Waals surface area contributed by atoms with Crippen LogP contribution in [0.2, 0.25) is 5.02 Å². The van der Waals surface area contributed by atoms with Gasteiger partial charge in [-0.15, -0.1) is 0 Å². The first-order valence-corrected chi connectivity index (χ1v) is 8.52. The predicted molar refractivity (Wildman–Crippen MR) is 101 cm³/mol. The zero-order valence-corrected chi connectivity index (χ0v) is 14.7. The van der Waals surface area contributed by atoms with Gasteiger partial charge < -0.3 is 15.2 Å². The van der Waals surface area contributed by atoms with Crippen LogP contribution in [0.5, 0.6) is 0 Å². The molecule has 0 aliphatic carbocycles. The van der Waals surface area contributed by atoms with E-state index in [0.717, 1.165) is 11.3 Å². The van der Waals surface area contributed by atoms with Crippen molar-refractivity contribution < 1.29 is 9.59 Å². The number of nitrogens with one attached hydrogen (secondary N) is 2. The van der Waals surface area contributed by atoms with Gasteiger partial charge in [-0.3, -0.25) is 9.59 Å². The minimum Gasteiger partial charge on any atom is -0.350 e. The summed E-state index contributed by atoms with van der Waals surface area (Å²) in [6, 6.07) is 18.3. The SMILES string of the molecule is O=C(CNC(=O)c1ccc(-n2cccc2)cc1)NCc1ccc(Cl)cc1. The molecule has 2 aromatic carbocycles. The number of amides is 2. The van der Waals surface area contributed by atoms with E-state index in [2.05, 4.69) is 10.6 Å². The largest absolute Gasteiger partial charge is 0.350 e. The van der Waals surface area contributed by atoms with Gasteiger partial charge in [-0.25, -0.2) is 0 Å². The average molecular weight is 368 g/mol. The number of halogens is 1. The molecule has 0 atom stereocenters. The number of carbonyl (C=O) groups is 2. The molecule has 0 aliphatic heterocycles. The summed E-state index contributed by atoms with van der Waals surface area (Å²) in [5.41, 5.74) is 2.41. The number of hydrogen-bond donors (Lipinski definition) is 2. The standard InChI is InChI=1S/C20H18ClN3O2/c21-17-7-3-15(4-8-17)13-22-19(25)14-23-20(26)16-5-9-18(10-6-16)24-11-1-2-12-24/h1-12H,13-14H2,(H,22,25)(H,23,26). The Bertz CT molecular complexity index is 872. The van der Waals surface area contributed by atoms with Crippen LogP contribution in [0, 0.1) is 0 Å². The maximum atomic E-state index is 12.1. The number of aromatic nitrogens is 1. The van der Waals surface area contributed by atoms with E-state index < -0.39 is 0 Å². The van der Waals surface area contributed by atoms with Crippen LogP contribution in [-0.2, 0) is 11.3 Å². The van der Waals surface area contributed by atoms with Crippen LogP contribution in [-0.4, -0.2) is 22.9 Å². The van der Waals surface area contributed by atoms with Crippen LogP contribution < -0.4 is 10.6 Å². The van der Waals surface area contributed by atoms with E-state index in [9.17, 15) is 9.59 Å². The second-order valence-electron chi connectivity index (χ2n) is 5.72. The molecule has 1 heterocycles. The highest BCUT2D eigenvalue weighted by molar-refractivity contribution is 6.30. The molecule has 0 fully saturated rings. The van der Waals surface area contributed by atoms with E-state index in [4.69, 9.17) is 11.6 Å². The number of nitrogens with zero attached hydrogens (tertiary/aromatic N) is 1. The van der Waals surface area contributed by atoms with Gasteiger partial charge in [-0.1, -0.05) is 23.7 Å². The maximum Gasteiger partial charge on any atom is 0.251 e. The highest BCUT2D eigenvalue weighted by Gasteiger charge is 2.08. The molecule has 2 amide bonds.